The lowest BCUT2D eigenvalue weighted by Gasteiger charge is -2.21. The molecule has 0 aromatic carbocycles. The summed E-state index contributed by atoms with van der Waals surface area (Å²) in [5.74, 6) is 0.412. The molecule has 1 aliphatic heterocycles. The molecule has 0 bridgehead atoms. The summed E-state index contributed by atoms with van der Waals surface area (Å²) < 4.78 is 4.59. The summed E-state index contributed by atoms with van der Waals surface area (Å²) in [6.07, 6.45) is 2.91. The predicted octanol–water partition coefficient (Wildman–Crippen LogP) is 1.39. The van der Waals surface area contributed by atoms with Gasteiger partial charge in [0.2, 0.25) is 0 Å². The van der Waals surface area contributed by atoms with Crippen LogP contribution in [0.4, 0.5) is 0 Å². The Morgan fingerprint density at radius 1 is 1.54 bits per heavy atom. The van der Waals surface area contributed by atoms with E-state index in [-0.39, 0.29) is 30.8 Å². The predicted molar refractivity (Wildman–Crippen MR) is 56.7 cm³/mol. The number of nitrogens with one attached hydrogen (secondary N) is 1. The molecule has 1 saturated heterocycles. The topological polar surface area (TPSA) is 38.3 Å². The minimum atomic E-state index is -0.0845. The molecular formula is C8H17Cl2NO2. The molecule has 1 aliphatic rings. The van der Waals surface area contributed by atoms with Gasteiger partial charge in [-0.2, -0.15) is 0 Å². The Morgan fingerprint density at radius 2 is 2.23 bits per heavy atom. The van der Waals surface area contributed by atoms with Crippen LogP contribution < -0.4 is 5.32 Å². The molecule has 0 aromatic heterocycles. The van der Waals surface area contributed by atoms with E-state index in [9.17, 15) is 4.79 Å². The summed E-state index contributed by atoms with van der Waals surface area (Å²) >= 11 is 0. The third-order valence-electron chi connectivity index (χ3n) is 2.08. The van der Waals surface area contributed by atoms with Crippen LogP contribution in [0.2, 0.25) is 0 Å². The van der Waals surface area contributed by atoms with Crippen LogP contribution in [0.15, 0.2) is 0 Å². The number of piperidine rings is 1. The first-order valence-corrected chi connectivity index (χ1v) is 4.10. The number of carbonyl (C=O) groups is 1. The fraction of sp³-hybridized carbons (Fsp3) is 0.875. The monoisotopic (exact) mass is 229 g/mol. The van der Waals surface area contributed by atoms with Crippen molar-refractivity contribution in [3.63, 3.8) is 0 Å². The second kappa shape index (κ2) is 8.60. The van der Waals surface area contributed by atoms with Gasteiger partial charge in [0.1, 0.15) is 0 Å². The molecule has 3 nitrogen and oxygen atoms in total. The van der Waals surface area contributed by atoms with Gasteiger partial charge in [-0.15, -0.1) is 24.8 Å². The first kappa shape index (κ1) is 15.5. The van der Waals surface area contributed by atoms with Crippen LogP contribution >= 0.6 is 24.8 Å². The van der Waals surface area contributed by atoms with E-state index in [0.717, 1.165) is 19.5 Å². The van der Waals surface area contributed by atoms with Crippen LogP contribution in [0, 0.1) is 5.92 Å². The zero-order valence-corrected chi connectivity index (χ0v) is 9.38. The number of methoxy groups -OCH3 is 1. The Bertz CT molecular complexity index is 138. The average molecular weight is 230 g/mol. The smallest absolute Gasteiger partial charge is 0.305 e. The van der Waals surface area contributed by atoms with Crippen molar-refractivity contribution < 1.29 is 9.53 Å². The van der Waals surface area contributed by atoms with Gasteiger partial charge in [-0.25, -0.2) is 0 Å². The fourth-order valence-corrected chi connectivity index (χ4v) is 1.42. The second-order valence-electron chi connectivity index (χ2n) is 2.99. The first-order valence-electron chi connectivity index (χ1n) is 4.10. The van der Waals surface area contributed by atoms with Crippen LogP contribution in [0.25, 0.3) is 0 Å². The molecule has 1 heterocycles. The van der Waals surface area contributed by atoms with Crippen LogP contribution in [-0.2, 0) is 9.53 Å². The maximum atomic E-state index is 10.8. The Morgan fingerprint density at radius 3 is 2.69 bits per heavy atom. The largest absolute Gasteiger partial charge is 0.469 e. The van der Waals surface area contributed by atoms with Gasteiger partial charge in [-0.05, 0) is 31.8 Å². The molecule has 1 atom stereocenters. The van der Waals surface area contributed by atoms with Crippen molar-refractivity contribution in [2.24, 2.45) is 5.92 Å². The molecule has 0 spiro atoms. The van der Waals surface area contributed by atoms with Crippen molar-refractivity contribution in [3.05, 3.63) is 0 Å². The fourth-order valence-electron chi connectivity index (χ4n) is 1.42. The van der Waals surface area contributed by atoms with E-state index < -0.39 is 0 Å². The molecule has 5 heteroatoms. The lowest BCUT2D eigenvalue weighted by atomic mass is 9.96. The van der Waals surface area contributed by atoms with Gasteiger partial charge in [-0.3, -0.25) is 4.79 Å². The Balaban J connectivity index is 0. The van der Waals surface area contributed by atoms with Gasteiger partial charge in [0.05, 0.1) is 7.11 Å². The third-order valence-corrected chi connectivity index (χ3v) is 2.08. The SMILES string of the molecule is COC(=O)CC1CCCNC1.Cl.Cl. The minimum absolute atomic E-state index is 0. The average Bonchev–Trinajstić information content (AvgIpc) is 2.06. The maximum absolute atomic E-state index is 10.8. The van der Waals surface area contributed by atoms with Crippen LogP contribution in [-0.4, -0.2) is 26.2 Å². The van der Waals surface area contributed by atoms with Crippen molar-refractivity contribution in [2.75, 3.05) is 20.2 Å². The molecule has 1 N–H and O–H groups in total. The van der Waals surface area contributed by atoms with Crippen molar-refractivity contribution in [3.8, 4) is 0 Å². The lowest BCUT2D eigenvalue weighted by Crippen LogP contribution is -2.31. The Labute approximate surface area is 91.4 Å². The Kier molecular flexibility index (Phi) is 10.2. The molecule has 0 amide bonds. The van der Waals surface area contributed by atoms with E-state index in [1.807, 2.05) is 0 Å². The second-order valence-corrected chi connectivity index (χ2v) is 2.99. The maximum Gasteiger partial charge on any atom is 0.305 e. The molecule has 0 aliphatic carbocycles. The summed E-state index contributed by atoms with van der Waals surface area (Å²) in [6, 6.07) is 0. The summed E-state index contributed by atoms with van der Waals surface area (Å²) in [6.45, 7) is 2.06. The minimum Gasteiger partial charge on any atom is -0.469 e. The van der Waals surface area contributed by atoms with E-state index >= 15 is 0 Å². The summed E-state index contributed by atoms with van der Waals surface area (Å²) in [7, 11) is 1.44. The van der Waals surface area contributed by atoms with Gasteiger partial charge < -0.3 is 10.1 Å². The highest BCUT2D eigenvalue weighted by molar-refractivity contribution is 5.85. The number of hydrogen-bond donors (Lipinski definition) is 1. The zero-order valence-electron chi connectivity index (χ0n) is 7.75. The molecular weight excluding hydrogens is 213 g/mol. The van der Waals surface area contributed by atoms with Gasteiger partial charge in [0, 0.05) is 6.42 Å². The van der Waals surface area contributed by atoms with Gasteiger partial charge in [0.15, 0.2) is 0 Å². The van der Waals surface area contributed by atoms with E-state index in [2.05, 4.69) is 10.1 Å². The van der Waals surface area contributed by atoms with E-state index in [1.54, 1.807) is 0 Å². The van der Waals surface area contributed by atoms with Crippen molar-refractivity contribution in [2.45, 2.75) is 19.3 Å². The molecule has 13 heavy (non-hydrogen) atoms. The molecule has 1 rings (SSSR count). The van der Waals surface area contributed by atoms with Gasteiger partial charge in [0.25, 0.3) is 0 Å². The van der Waals surface area contributed by atoms with Gasteiger partial charge >= 0.3 is 5.97 Å². The number of rotatable bonds is 2. The van der Waals surface area contributed by atoms with Gasteiger partial charge in [-0.1, -0.05) is 0 Å². The lowest BCUT2D eigenvalue weighted by molar-refractivity contribution is -0.141. The normalized spacial score (nSPS) is 20.8. The summed E-state index contributed by atoms with van der Waals surface area (Å²) in [5.41, 5.74) is 0. The highest BCUT2D eigenvalue weighted by Gasteiger charge is 2.16. The van der Waals surface area contributed by atoms with Crippen molar-refractivity contribution in [1.29, 1.82) is 0 Å². The molecule has 0 aromatic rings. The van der Waals surface area contributed by atoms with E-state index in [1.165, 1.54) is 13.5 Å². The van der Waals surface area contributed by atoms with Crippen molar-refractivity contribution >= 4 is 30.8 Å². The number of halogens is 2. The zero-order chi connectivity index (χ0) is 8.10. The number of hydrogen-bond acceptors (Lipinski definition) is 3. The molecule has 1 unspecified atom stereocenters. The van der Waals surface area contributed by atoms with Crippen LogP contribution in [0.3, 0.4) is 0 Å². The van der Waals surface area contributed by atoms with Crippen LogP contribution in [0.5, 0.6) is 0 Å². The molecule has 80 valence electrons. The van der Waals surface area contributed by atoms with Crippen LogP contribution in [0.1, 0.15) is 19.3 Å². The quantitative estimate of drug-likeness (QED) is 0.728. The number of esters is 1. The highest BCUT2D eigenvalue weighted by atomic mass is 35.5. The first-order chi connectivity index (χ1) is 5.33. The standard InChI is InChI=1S/C8H15NO2.2ClH/c1-11-8(10)5-7-3-2-4-9-6-7;;/h7,9H,2-6H2,1H3;2*1H. The summed E-state index contributed by atoms with van der Waals surface area (Å²) in [4.78, 5) is 10.8. The van der Waals surface area contributed by atoms with E-state index in [4.69, 9.17) is 0 Å². The molecule has 0 saturated carbocycles. The van der Waals surface area contributed by atoms with Crippen molar-refractivity contribution in [1.82, 2.24) is 5.32 Å². The molecule has 0 radical (unpaired) electrons. The molecule has 1 fully saturated rings. The third kappa shape index (κ3) is 6.13. The highest BCUT2D eigenvalue weighted by Crippen LogP contribution is 2.13. The number of carbonyl (C=O) groups excluding carboxylic acids is 1. The summed E-state index contributed by atoms with van der Waals surface area (Å²) in [5, 5.41) is 3.26. The van der Waals surface area contributed by atoms with E-state index in [0.29, 0.717) is 12.3 Å². The number of ether oxygens (including phenoxy) is 1. The Hall–Kier alpha value is 0.01000.